The zero-order valence-corrected chi connectivity index (χ0v) is 18.7. The van der Waals surface area contributed by atoms with Gasteiger partial charge < -0.3 is 9.47 Å². The Balaban J connectivity index is 1.72. The lowest BCUT2D eigenvalue weighted by molar-refractivity contribution is 0.0952. The largest absolute Gasteiger partial charge is 0.496 e. The second-order valence-corrected chi connectivity index (χ2v) is 7.83. The summed E-state index contributed by atoms with van der Waals surface area (Å²) in [6.45, 7) is 0.435. The molecule has 5 nitrogen and oxygen atoms in total. The lowest BCUT2D eigenvalue weighted by atomic mass is 10.2. The highest BCUT2D eigenvalue weighted by atomic mass is 79.9. The predicted molar refractivity (Wildman–Crippen MR) is 121 cm³/mol. The van der Waals surface area contributed by atoms with Crippen molar-refractivity contribution in [1.29, 1.82) is 0 Å². The maximum atomic E-state index is 12.5. The molecule has 0 spiro atoms. The molecule has 3 aromatic carbocycles. The minimum absolute atomic E-state index is 0.374. The van der Waals surface area contributed by atoms with Gasteiger partial charge in [0, 0.05) is 14.5 Å². The zero-order chi connectivity index (χ0) is 20.6. The van der Waals surface area contributed by atoms with Gasteiger partial charge in [0.2, 0.25) is 0 Å². The molecule has 1 N–H and O–H groups in total. The fourth-order valence-corrected chi connectivity index (χ4v) is 3.31. The van der Waals surface area contributed by atoms with Crippen LogP contribution in [-0.2, 0) is 6.61 Å². The van der Waals surface area contributed by atoms with Crippen LogP contribution >= 0.6 is 31.9 Å². The summed E-state index contributed by atoms with van der Waals surface area (Å²) in [6.07, 6.45) is 1.55. The van der Waals surface area contributed by atoms with E-state index in [9.17, 15) is 4.79 Å². The molecule has 0 saturated heterocycles. The van der Waals surface area contributed by atoms with Crippen LogP contribution in [0.15, 0.2) is 80.8 Å². The number of nitrogens with zero attached hydrogens (tertiary/aromatic N) is 1. The van der Waals surface area contributed by atoms with Gasteiger partial charge >= 0.3 is 0 Å². The van der Waals surface area contributed by atoms with Crippen LogP contribution in [0.25, 0.3) is 0 Å². The molecule has 7 heteroatoms. The van der Waals surface area contributed by atoms with Crippen LogP contribution in [-0.4, -0.2) is 19.2 Å². The molecular weight excluding hydrogens is 500 g/mol. The number of nitrogens with one attached hydrogen (secondary N) is 1. The summed E-state index contributed by atoms with van der Waals surface area (Å²) < 4.78 is 12.8. The summed E-state index contributed by atoms with van der Waals surface area (Å²) in [5.41, 5.74) is 4.71. The monoisotopic (exact) mass is 516 g/mol. The Morgan fingerprint density at radius 3 is 2.41 bits per heavy atom. The van der Waals surface area contributed by atoms with E-state index in [1.165, 1.54) is 7.11 Å². The Hall–Kier alpha value is -2.64. The molecule has 0 bridgehead atoms. The van der Waals surface area contributed by atoms with Crippen molar-refractivity contribution < 1.29 is 14.3 Å². The third-order valence-corrected chi connectivity index (χ3v) is 4.97. The Morgan fingerprint density at radius 2 is 1.69 bits per heavy atom. The normalized spacial score (nSPS) is 10.7. The second kappa shape index (κ2) is 10.2. The average Bonchev–Trinajstić information content (AvgIpc) is 2.73. The van der Waals surface area contributed by atoms with E-state index in [1.807, 2.05) is 48.5 Å². The van der Waals surface area contributed by atoms with Gasteiger partial charge in [-0.3, -0.25) is 4.79 Å². The summed E-state index contributed by atoms with van der Waals surface area (Å²) in [6, 6.07) is 20.7. The summed E-state index contributed by atoms with van der Waals surface area (Å²) in [5.74, 6) is 0.756. The van der Waals surface area contributed by atoms with E-state index in [0.717, 1.165) is 20.1 Å². The maximum Gasteiger partial charge on any atom is 0.275 e. The molecule has 1 amide bonds. The first-order valence-corrected chi connectivity index (χ1v) is 10.3. The number of benzene rings is 3. The molecule has 0 heterocycles. The first-order valence-electron chi connectivity index (χ1n) is 8.70. The molecule has 0 aliphatic heterocycles. The molecule has 148 valence electrons. The van der Waals surface area contributed by atoms with Crippen LogP contribution in [0, 0.1) is 0 Å². The van der Waals surface area contributed by atoms with Crippen molar-refractivity contribution in [2.45, 2.75) is 6.61 Å². The number of hydrogen-bond donors (Lipinski definition) is 1. The van der Waals surface area contributed by atoms with Gasteiger partial charge in [-0.25, -0.2) is 5.43 Å². The third-order valence-electron chi connectivity index (χ3n) is 3.98. The van der Waals surface area contributed by atoms with Gasteiger partial charge in [-0.1, -0.05) is 62.2 Å². The standard InChI is InChI=1S/C22H18Br2N2O3/c1-28-21-10-8-18(24)12-19(21)22(27)26-25-13-16-11-17(23)7-9-20(16)29-14-15-5-3-2-4-6-15/h2-13H,14H2,1H3,(H,26,27)/b25-13+. The molecule has 0 saturated carbocycles. The molecule has 0 fully saturated rings. The second-order valence-electron chi connectivity index (χ2n) is 6.00. The molecule has 3 rings (SSSR count). The minimum atomic E-state index is -0.374. The number of amides is 1. The van der Waals surface area contributed by atoms with Gasteiger partial charge in [-0.05, 0) is 42.0 Å². The Kier molecular flexibility index (Phi) is 7.43. The smallest absolute Gasteiger partial charge is 0.275 e. The van der Waals surface area contributed by atoms with Crippen molar-refractivity contribution in [2.24, 2.45) is 5.10 Å². The van der Waals surface area contributed by atoms with Crippen molar-refractivity contribution in [2.75, 3.05) is 7.11 Å². The topological polar surface area (TPSA) is 59.9 Å². The van der Waals surface area contributed by atoms with Gasteiger partial charge in [0.05, 0.1) is 18.9 Å². The van der Waals surface area contributed by atoms with E-state index in [1.54, 1.807) is 24.4 Å². The number of carbonyl (C=O) groups is 1. The highest BCUT2D eigenvalue weighted by Gasteiger charge is 2.12. The van der Waals surface area contributed by atoms with Gasteiger partial charge in [-0.2, -0.15) is 5.10 Å². The minimum Gasteiger partial charge on any atom is -0.496 e. The summed E-state index contributed by atoms with van der Waals surface area (Å²) in [5, 5.41) is 4.08. The van der Waals surface area contributed by atoms with E-state index in [2.05, 4.69) is 42.4 Å². The Morgan fingerprint density at radius 1 is 1.00 bits per heavy atom. The number of hydrazone groups is 1. The van der Waals surface area contributed by atoms with Crippen LogP contribution in [0.5, 0.6) is 11.5 Å². The predicted octanol–water partition coefficient (Wildman–Crippen LogP) is 5.56. The van der Waals surface area contributed by atoms with Crippen LogP contribution in [0.3, 0.4) is 0 Å². The molecule has 3 aromatic rings. The molecule has 0 unspecified atom stereocenters. The van der Waals surface area contributed by atoms with Crippen LogP contribution in [0.2, 0.25) is 0 Å². The molecule has 0 aliphatic rings. The van der Waals surface area contributed by atoms with Crippen molar-refractivity contribution in [3.8, 4) is 11.5 Å². The number of rotatable bonds is 7. The number of methoxy groups -OCH3 is 1. The van der Waals surface area contributed by atoms with Gasteiger partial charge in [0.15, 0.2) is 0 Å². The van der Waals surface area contributed by atoms with E-state index in [0.29, 0.717) is 23.7 Å². The lowest BCUT2D eigenvalue weighted by Crippen LogP contribution is -2.18. The summed E-state index contributed by atoms with van der Waals surface area (Å²) in [4.78, 5) is 12.5. The van der Waals surface area contributed by atoms with Crippen LogP contribution in [0.1, 0.15) is 21.5 Å². The summed E-state index contributed by atoms with van der Waals surface area (Å²) in [7, 11) is 1.52. The van der Waals surface area contributed by atoms with E-state index >= 15 is 0 Å². The SMILES string of the molecule is COc1ccc(Br)cc1C(=O)N/N=C/c1cc(Br)ccc1OCc1ccccc1. The molecule has 0 aromatic heterocycles. The lowest BCUT2D eigenvalue weighted by Gasteiger charge is -2.10. The van der Waals surface area contributed by atoms with Gasteiger partial charge in [-0.15, -0.1) is 0 Å². The van der Waals surface area contributed by atoms with Crippen molar-refractivity contribution in [3.05, 3.63) is 92.4 Å². The molecule has 0 atom stereocenters. The molecule has 29 heavy (non-hydrogen) atoms. The number of halogens is 2. The average molecular weight is 518 g/mol. The van der Waals surface area contributed by atoms with Crippen molar-refractivity contribution in [1.82, 2.24) is 5.43 Å². The molecule has 0 radical (unpaired) electrons. The van der Waals surface area contributed by atoms with Gasteiger partial charge in [0.1, 0.15) is 18.1 Å². The first-order chi connectivity index (χ1) is 14.1. The molecule has 0 aliphatic carbocycles. The molecular formula is C22H18Br2N2O3. The number of hydrogen-bond acceptors (Lipinski definition) is 4. The Bertz CT molecular complexity index is 1020. The number of carbonyl (C=O) groups excluding carboxylic acids is 1. The van der Waals surface area contributed by atoms with Crippen molar-refractivity contribution in [3.63, 3.8) is 0 Å². The Labute approximate surface area is 186 Å². The van der Waals surface area contributed by atoms with E-state index in [4.69, 9.17) is 9.47 Å². The number of ether oxygens (including phenoxy) is 2. The highest BCUT2D eigenvalue weighted by molar-refractivity contribution is 9.10. The maximum absolute atomic E-state index is 12.5. The fourth-order valence-electron chi connectivity index (χ4n) is 2.57. The summed E-state index contributed by atoms with van der Waals surface area (Å²) >= 11 is 6.81. The third kappa shape index (κ3) is 5.92. The van der Waals surface area contributed by atoms with Crippen molar-refractivity contribution >= 4 is 44.0 Å². The van der Waals surface area contributed by atoms with E-state index < -0.39 is 0 Å². The van der Waals surface area contributed by atoms with E-state index in [-0.39, 0.29) is 5.91 Å². The fraction of sp³-hybridized carbons (Fsp3) is 0.0909. The first kappa shape index (κ1) is 21.1. The van der Waals surface area contributed by atoms with Crippen LogP contribution in [0.4, 0.5) is 0 Å². The van der Waals surface area contributed by atoms with Crippen LogP contribution < -0.4 is 14.9 Å². The zero-order valence-electron chi connectivity index (χ0n) is 15.6. The quantitative estimate of drug-likeness (QED) is 0.329. The highest BCUT2D eigenvalue weighted by Crippen LogP contribution is 2.24. The van der Waals surface area contributed by atoms with Gasteiger partial charge in [0.25, 0.3) is 5.91 Å².